The van der Waals surface area contributed by atoms with Gasteiger partial charge in [0.05, 0.1) is 5.69 Å². The van der Waals surface area contributed by atoms with Gasteiger partial charge in [0.1, 0.15) is 5.69 Å². The van der Waals surface area contributed by atoms with Crippen LogP contribution < -0.4 is 0 Å². The number of likely N-dealkylation sites (tertiary alicyclic amines) is 1. The molecule has 0 unspecified atom stereocenters. The highest BCUT2D eigenvalue weighted by molar-refractivity contribution is 5.97. The Morgan fingerprint density at radius 2 is 1.74 bits per heavy atom. The van der Waals surface area contributed by atoms with Gasteiger partial charge in [0.15, 0.2) is 5.82 Å². The summed E-state index contributed by atoms with van der Waals surface area (Å²) in [6, 6.07) is 9.93. The summed E-state index contributed by atoms with van der Waals surface area (Å²) in [5, 5.41) is 0. The second kappa shape index (κ2) is 7.55. The monoisotopic (exact) mass is 366 g/mol. The second-order valence-corrected chi connectivity index (χ2v) is 7.49. The molecule has 0 radical (unpaired) electrons. The van der Waals surface area contributed by atoms with E-state index >= 15 is 0 Å². The van der Waals surface area contributed by atoms with Crippen LogP contribution in [0.2, 0.25) is 0 Å². The minimum atomic E-state index is -0.107. The first kappa shape index (κ1) is 17.8. The van der Waals surface area contributed by atoms with Crippen LogP contribution in [0.4, 0.5) is 0 Å². The van der Waals surface area contributed by atoms with Crippen LogP contribution >= 0.6 is 0 Å². The van der Waals surface area contributed by atoms with Gasteiger partial charge in [0.25, 0.3) is 11.8 Å². The summed E-state index contributed by atoms with van der Waals surface area (Å²) in [7, 11) is 1.80. The van der Waals surface area contributed by atoms with Gasteiger partial charge in [-0.05, 0) is 37.7 Å². The number of nitrogens with zero attached hydrogens (tertiary/aromatic N) is 4. The van der Waals surface area contributed by atoms with Crippen molar-refractivity contribution in [3.05, 3.63) is 53.1 Å². The van der Waals surface area contributed by atoms with Crippen molar-refractivity contribution in [3.63, 3.8) is 0 Å². The van der Waals surface area contributed by atoms with Crippen LogP contribution in [0.1, 0.15) is 58.0 Å². The molecule has 0 N–H and O–H groups in total. The van der Waals surface area contributed by atoms with Gasteiger partial charge in [-0.2, -0.15) is 0 Å². The minimum Gasteiger partial charge on any atom is -0.336 e. The molecule has 1 aromatic carbocycles. The molecule has 2 aliphatic heterocycles. The van der Waals surface area contributed by atoms with E-state index in [-0.39, 0.29) is 11.8 Å². The standard InChI is InChI=1S/C21H26N4O2/c1-23(15-16-9-3-2-4-10-16)20(26)18-17-11-5-6-14-25(17)19(22-18)21(27)24-12-7-8-13-24/h2-4,9-10H,5-8,11-15H2,1H3. The van der Waals surface area contributed by atoms with E-state index in [0.29, 0.717) is 18.1 Å². The Bertz CT molecular complexity index is 837. The molecule has 1 fully saturated rings. The third kappa shape index (κ3) is 3.48. The molecule has 6 heteroatoms. The first-order chi connectivity index (χ1) is 13.1. The maximum absolute atomic E-state index is 13.1. The normalized spacial score (nSPS) is 16.3. The number of aromatic nitrogens is 2. The van der Waals surface area contributed by atoms with E-state index < -0.39 is 0 Å². The predicted molar refractivity (Wildman–Crippen MR) is 103 cm³/mol. The molecule has 1 saturated heterocycles. The summed E-state index contributed by atoms with van der Waals surface area (Å²) in [4.78, 5) is 34.2. The molecule has 27 heavy (non-hydrogen) atoms. The lowest BCUT2D eigenvalue weighted by Gasteiger charge is -2.20. The Morgan fingerprint density at radius 1 is 1.04 bits per heavy atom. The summed E-state index contributed by atoms with van der Waals surface area (Å²) in [5.41, 5.74) is 2.46. The number of amides is 2. The highest BCUT2D eigenvalue weighted by Gasteiger charge is 2.31. The molecule has 1 aromatic heterocycles. The van der Waals surface area contributed by atoms with E-state index in [1.54, 1.807) is 11.9 Å². The molecule has 4 rings (SSSR count). The maximum Gasteiger partial charge on any atom is 0.289 e. The Labute approximate surface area is 159 Å². The lowest BCUT2D eigenvalue weighted by molar-refractivity contribution is 0.0774. The molecule has 0 aliphatic carbocycles. The van der Waals surface area contributed by atoms with E-state index in [9.17, 15) is 9.59 Å². The van der Waals surface area contributed by atoms with Gasteiger partial charge in [0, 0.05) is 33.2 Å². The van der Waals surface area contributed by atoms with Gasteiger partial charge in [-0.25, -0.2) is 4.98 Å². The van der Waals surface area contributed by atoms with Gasteiger partial charge in [-0.15, -0.1) is 0 Å². The van der Waals surface area contributed by atoms with E-state index in [1.807, 2.05) is 39.8 Å². The molecule has 0 bridgehead atoms. The lowest BCUT2D eigenvalue weighted by atomic mass is 10.1. The quantitative estimate of drug-likeness (QED) is 0.836. The Hall–Kier alpha value is -2.63. The molecule has 6 nitrogen and oxygen atoms in total. The average Bonchev–Trinajstić information content (AvgIpc) is 3.36. The number of carbonyl (C=O) groups is 2. The van der Waals surface area contributed by atoms with Crippen molar-refractivity contribution in [2.45, 2.75) is 45.2 Å². The molecule has 2 aromatic rings. The van der Waals surface area contributed by atoms with Crippen LogP contribution in [-0.2, 0) is 19.5 Å². The number of rotatable bonds is 4. The van der Waals surface area contributed by atoms with Crippen LogP contribution in [0, 0.1) is 0 Å². The van der Waals surface area contributed by atoms with Crippen molar-refractivity contribution in [1.82, 2.24) is 19.4 Å². The van der Waals surface area contributed by atoms with Gasteiger partial charge >= 0.3 is 0 Å². The average molecular weight is 366 g/mol. The van der Waals surface area contributed by atoms with Crippen molar-refractivity contribution >= 4 is 11.8 Å². The Kier molecular flexibility index (Phi) is 4.97. The van der Waals surface area contributed by atoms with E-state index in [4.69, 9.17) is 0 Å². The van der Waals surface area contributed by atoms with E-state index in [1.165, 1.54) is 0 Å². The number of fused-ring (bicyclic) bond motifs is 1. The molecular formula is C21H26N4O2. The smallest absolute Gasteiger partial charge is 0.289 e. The third-order valence-electron chi connectivity index (χ3n) is 5.51. The van der Waals surface area contributed by atoms with Crippen molar-refractivity contribution in [1.29, 1.82) is 0 Å². The van der Waals surface area contributed by atoms with E-state index in [2.05, 4.69) is 4.98 Å². The van der Waals surface area contributed by atoms with Crippen LogP contribution in [0.3, 0.4) is 0 Å². The first-order valence-corrected chi connectivity index (χ1v) is 9.83. The van der Waals surface area contributed by atoms with Crippen LogP contribution in [0.25, 0.3) is 0 Å². The van der Waals surface area contributed by atoms with Crippen molar-refractivity contribution in [2.24, 2.45) is 0 Å². The van der Waals surface area contributed by atoms with Crippen LogP contribution in [0.5, 0.6) is 0 Å². The van der Waals surface area contributed by atoms with Crippen molar-refractivity contribution in [3.8, 4) is 0 Å². The van der Waals surface area contributed by atoms with E-state index in [0.717, 1.165) is 63.0 Å². The van der Waals surface area contributed by atoms with Crippen LogP contribution in [0.15, 0.2) is 30.3 Å². The molecule has 0 saturated carbocycles. The minimum absolute atomic E-state index is 0.0274. The fourth-order valence-electron chi connectivity index (χ4n) is 4.05. The predicted octanol–water partition coefficient (Wildman–Crippen LogP) is 2.73. The number of benzene rings is 1. The number of carbonyl (C=O) groups excluding carboxylic acids is 2. The Balaban J connectivity index is 1.62. The Morgan fingerprint density at radius 3 is 2.48 bits per heavy atom. The molecule has 2 aliphatic rings. The first-order valence-electron chi connectivity index (χ1n) is 9.83. The van der Waals surface area contributed by atoms with Crippen LogP contribution in [-0.4, -0.2) is 51.3 Å². The topological polar surface area (TPSA) is 58.4 Å². The lowest BCUT2D eigenvalue weighted by Crippen LogP contribution is -2.31. The highest BCUT2D eigenvalue weighted by atomic mass is 16.2. The summed E-state index contributed by atoms with van der Waals surface area (Å²) in [6.45, 7) is 2.88. The zero-order valence-corrected chi connectivity index (χ0v) is 15.9. The molecule has 142 valence electrons. The highest BCUT2D eigenvalue weighted by Crippen LogP contribution is 2.24. The summed E-state index contributed by atoms with van der Waals surface area (Å²) in [5.74, 6) is 0.313. The fraction of sp³-hybridized carbons (Fsp3) is 0.476. The molecule has 3 heterocycles. The molecule has 2 amide bonds. The summed E-state index contributed by atoms with van der Waals surface area (Å²) >= 11 is 0. The number of hydrogen-bond acceptors (Lipinski definition) is 3. The summed E-state index contributed by atoms with van der Waals surface area (Å²) < 4.78 is 1.99. The van der Waals surface area contributed by atoms with Crippen molar-refractivity contribution < 1.29 is 9.59 Å². The fourth-order valence-corrected chi connectivity index (χ4v) is 4.05. The van der Waals surface area contributed by atoms with Gasteiger partial charge < -0.3 is 14.4 Å². The third-order valence-corrected chi connectivity index (χ3v) is 5.51. The molecule has 0 spiro atoms. The number of imidazole rings is 1. The second-order valence-electron chi connectivity index (χ2n) is 7.49. The maximum atomic E-state index is 13.1. The zero-order chi connectivity index (χ0) is 18.8. The van der Waals surface area contributed by atoms with Crippen molar-refractivity contribution in [2.75, 3.05) is 20.1 Å². The number of hydrogen-bond donors (Lipinski definition) is 0. The van der Waals surface area contributed by atoms with Gasteiger partial charge in [-0.3, -0.25) is 9.59 Å². The SMILES string of the molecule is CN(Cc1ccccc1)C(=O)c1nc(C(=O)N2CCCC2)n2c1CCCC2. The summed E-state index contributed by atoms with van der Waals surface area (Å²) in [6.07, 6.45) is 4.96. The molecular weight excluding hydrogens is 340 g/mol. The van der Waals surface area contributed by atoms with Gasteiger partial charge in [0.2, 0.25) is 0 Å². The molecule has 0 atom stereocenters. The zero-order valence-electron chi connectivity index (χ0n) is 15.9. The van der Waals surface area contributed by atoms with Gasteiger partial charge in [-0.1, -0.05) is 30.3 Å². The largest absolute Gasteiger partial charge is 0.336 e.